The van der Waals surface area contributed by atoms with Crippen LogP contribution < -0.4 is 10.6 Å². The number of hydrogen-bond acceptors (Lipinski definition) is 2. The number of hydrogen-bond donors (Lipinski definition) is 2. The van der Waals surface area contributed by atoms with E-state index in [0.29, 0.717) is 6.04 Å². The lowest BCUT2D eigenvalue weighted by Gasteiger charge is -2.26. The number of rotatable bonds is 6. The fourth-order valence-corrected chi connectivity index (χ4v) is 1.40. The fraction of sp³-hybridized carbons (Fsp3) is 0.909. The van der Waals surface area contributed by atoms with E-state index in [1.807, 2.05) is 13.8 Å². The molecule has 0 heterocycles. The Balaban J connectivity index is 4.03. The van der Waals surface area contributed by atoms with Crippen molar-refractivity contribution >= 4 is 5.91 Å². The summed E-state index contributed by atoms with van der Waals surface area (Å²) in [6.45, 7) is 8.98. The molecule has 0 fully saturated rings. The third-order valence-electron chi connectivity index (χ3n) is 2.66. The SMILES string of the molecule is CCC(CC)NCC(C)(C)C(=O)NC. The van der Waals surface area contributed by atoms with Gasteiger partial charge in [0.15, 0.2) is 0 Å². The maximum absolute atomic E-state index is 11.5. The molecule has 0 saturated carbocycles. The first-order valence-electron chi connectivity index (χ1n) is 5.43. The van der Waals surface area contributed by atoms with Gasteiger partial charge in [0, 0.05) is 19.6 Å². The van der Waals surface area contributed by atoms with Crippen molar-refractivity contribution in [1.29, 1.82) is 0 Å². The molecule has 14 heavy (non-hydrogen) atoms. The average molecular weight is 200 g/mol. The lowest BCUT2D eigenvalue weighted by molar-refractivity contribution is -0.128. The average Bonchev–Trinajstić information content (AvgIpc) is 2.18. The molecule has 0 saturated heterocycles. The monoisotopic (exact) mass is 200 g/mol. The molecule has 0 aliphatic heterocycles. The van der Waals surface area contributed by atoms with Crippen LogP contribution in [0.4, 0.5) is 0 Å². The van der Waals surface area contributed by atoms with Gasteiger partial charge in [-0.3, -0.25) is 4.79 Å². The molecule has 84 valence electrons. The first kappa shape index (κ1) is 13.4. The van der Waals surface area contributed by atoms with E-state index in [4.69, 9.17) is 0 Å². The van der Waals surface area contributed by atoms with Gasteiger partial charge in [0.1, 0.15) is 0 Å². The summed E-state index contributed by atoms with van der Waals surface area (Å²) in [6.07, 6.45) is 2.22. The van der Waals surface area contributed by atoms with Crippen molar-refractivity contribution in [2.24, 2.45) is 5.41 Å². The molecular weight excluding hydrogens is 176 g/mol. The smallest absolute Gasteiger partial charge is 0.226 e. The van der Waals surface area contributed by atoms with E-state index >= 15 is 0 Å². The minimum absolute atomic E-state index is 0.0935. The van der Waals surface area contributed by atoms with E-state index in [0.717, 1.165) is 19.4 Å². The van der Waals surface area contributed by atoms with Crippen molar-refractivity contribution in [3.63, 3.8) is 0 Å². The highest BCUT2D eigenvalue weighted by Gasteiger charge is 2.26. The third-order valence-corrected chi connectivity index (χ3v) is 2.66. The van der Waals surface area contributed by atoms with Crippen LogP contribution in [0.1, 0.15) is 40.5 Å². The highest BCUT2D eigenvalue weighted by atomic mass is 16.2. The van der Waals surface area contributed by atoms with Gasteiger partial charge in [0.25, 0.3) is 0 Å². The van der Waals surface area contributed by atoms with Gasteiger partial charge in [-0.15, -0.1) is 0 Å². The lowest BCUT2D eigenvalue weighted by Crippen LogP contribution is -2.44. The van der Waals surface area contributed by atoms with Crippen LogP contribution in [-0.4, -0.2) is 25.5 Å². The number of nitrogens with one attached hydrogen (secondary N) is 2. The zero-order chi connectivity index (χ0) is 11.2. The van der Waals surface area contributed by atoms with E-state index in [1.165, 1.54) is 0 Å². The Kier molecular flexibility index (Phi) is 5.77. The van der Waals surface area contributed by atoms with Crippen LogP contribution in [0.3, 0.4) is 0 Å². The van der Waals surface area contributed by atoms with Crippen LogP contribution in [-0.2, 0) is 4.79 Å². The minimum atomic E-state index is -0.322. The van der Waals surface area contributed by atoms with E-state index in [2.05, 4.69) is 24.5 Å². The molecule has 3 nitrogen and oxygen atoms in total. The first-order valence-corrected chi connectivity index (χ1v) is 5.43. The summed E-state index contributed by atoms with van der Waals surface area (Å²) < 4.78 is 0. The summed E-state index contributed by atoms with van der Waals surface area (Å²) in [5.41, 5.74) is -0.322. The van der Waals surface area contributed by atoms with Crippen LogP contribution in [0.15, 0.2) is 0 Å². The van der Waals surface area contributed by atoms with Gasteiger partial charge in [-0.1, -0.05) is 13.8 Å². The maximum Gasteiger partial charge on any atom is 0.226 e. The molecule has 2 N–H and O–H groups in total. The van der Waals surface area contributed by atoms with E-state index in [9.17, 15) is 4.79 Å². The van der Waals surface area contributed by atoms with Crippen LogP contribution in [0, 0.1) is 5.41 Å². The molecule has 0 unspecified atom stereocenters. The van der Waals surface area contributed by atoms with Gasteiger partial charge >= 0.3 is 0 Å². The highest BCUT2D eigenvalue weighted by Crippen LogP contribution is 2.14. The molecule has 0 aliphatic rings. The van der Waals surface area contributed by atoms with Crippen LogP contribution in [0.25, 0.3) is 0 Å². The van der Waals surface area contributed by atoms with Crippen molar-refractivity contribution < 1.29 is 4.79 Å². The molecular formula is C11H24N2O. The van der Waals surface area contributed by atoms with Crippen molar-refractivity contribution in [3.8, 4) is 0 Å². The lowest BCUT2D eigenvalue weighted by atomic mass is 9.91. The van der Waals surface area contributed by atoms with Crippen molar-refractivity contribution in [3.05, 3.63) is 0 Å². The van der Waals surface area contributed by atoms with Crippen molar-refractivity contribution in [2.75, 3.05) is 13.6 Å². The molecule has 3 heteroatoms. The van der Waals surface area contributed by atoms with Gasteiger partial charge in [-0.25, -0.2) is 0 Å². The molecule has 0 spiro atoms. The Morgan fingerprint density at radius 1 is 1.29 bits per heavy atom. The zero-order valence-electron chi connectivity index (χ0n) is 10.1. The maximum atomic E-state index is 11.5. The van der Waals surface area contributed by atoms with Gasteiger partial charge in [-0.05, 0) is 26.7 Å². The van der Waals surface area contributed by atoms with E-state index < -0.39 is 0 Å². The Morgan fingerprint density at radius 2 is 1.79 bits per heavy atom. The van der Waals surface area contributed by atoms with E-state index in [-0.39, 0.29) is 11.3 Å². The fourth-order valence-electron chi connectivity index (χ4n) is 1.40. The summed E-state index contributed by atoms with van der Waals surface area (Å²) in [7, 11) is 1.68. The standard InChI is InChI=1S/C11H24N2O/c1-6-9(7-2)13-8-11(3,4)10(14)12-5/h9,13H,6-8H2,1-5H3,(H,12,14). The van der Waals surface area contributed by atoms with Crippen molar-refractivity contribution in [2.45, 2.75) is 46.6 Å². The molecule has 0 rings (SSSR count). The highest BCUT2D eigenvalue weighted by molar-refractivity contribution is 5.81. The van der Waals surface area contributed by atoms with Gasteiger partial charge in [-0.2, -0.15) is 0 Å². The second kappa shape index (κ2) is 6.02. The third kappa shape index (κ3) is 4.09. The summed E-state index contributed by atoms with van der Waals surface area (Å²) in [5.74, 6) is 0.0935. The molecule has 0 aliphatic carbocycles. The molecule has 0 aromatic heterocycles. The molecule has 1 amide bonds. The summed E-state index contributed by atoms with van der Waals surface area (Å²) in [5, 5.41) is 6.10. The zero-order valence-corrected chi connectivity index (χ0v) is 10.1. The second-order valence-electron chi connectivity index (χ2n) is 4.36. The van der Waals surface area contributed by atoms with E-state index in [1.54, 1.807) is 7.05 Å². The molecule has 0 bridgehead atoms. The summed E-state index contributed by atoms with van der Waals surface area (Å²) in [4.78, 5) is 11.5. The van der Waals surface area contributed by atoms with Gasteiger partial charge < -0.3 is 10.6 Å². The molecule has 0 aromatic rings. The number of amides is 1. The van der Waals surface area contributed by atoms with Gasteiger partial charge in [0.2, 0.25) is 5.91 Å². The molecule has 0 radical (unpaired) electrons. The molecule has 0 atom stereocenters. The summed E-state index contributed by atoms with van der Waals surface area (Å²) in [6, 6.07) is 0.527. The second-order valence-corrected chi connectivity index (χ2v) is 4.36. The minimum Gasteiger partial charge on any atom is -0.359 e. The predicted octanol–water partition coefficient (Wildman–Crippen LogP) is 1.54. The number of carbonyl (C=O) groups is 1. The van der Waals surface area contributed by atoms with Crippen LogP contribution >= 0.6 is 0 Å². The Bertz CT molecular complexity index is 174. The Morgan fingerprint density at radius 3 is 2.14 bits per heavy atom. The number of carbonyl (C=O) groups excluding carboxylic acids is 1. The van der Waals surface area contributed by atoms with Gasteiger partial charge in [0.05, 0.1) is 5.41 Å². The largest absolute Gasteiger partial charge is 0.359 e. The van der Waals surface area contributed by atoms with Crippen LogP contribution in [0.2, 0.25) is 0 Å². The Hall–Kier alpha value is -0.570. The Labute approximate surface area is 87.6 Å². The predicted molar refractivity (Wildman–Crippen MR) is 60.2 cm³/mol. The normalized spacial score (nSPS) is 11.9. The quantitative estimate of drug-likeness (QED) is 0.683. The topological polar surface area (TPSA) is 41.1 Å². The molecule has 0 aromatic carbocycles. The first-order chi connectivity index (χ1) is 6.47. The van der Waals surface area contributed by atoms with Crippen molar-refractivity contribution in [1.82, 2.24) is 10.6 Å². The summed E-state index contributed by atoms with van der Waals surface area (Å²) >= 11 is 0. The van der Waals surface area contributed by atoms with Crippen LogP contribution in [0.5, 0.6) is 0 Å².